The highest BCUT2D eigenvalue weighted by molar-refractivity contribution is 5.70. The lowest BCUT2D eigenvalue weighted by Crippen LogP contribution is -2.34. The van der Waals surface area contributed by atoms with Crippen molar-refractivity contribution in [3.63, 3.8) is 0 Å². The largest absolute Gasteiger partial charge is 0.496 e. The van der Waals surface area contributed by atoms with Gasteiger partial charge in [-0.3, -0.25) is 0 Å². The summed E-state index contributed by atoms with van der Waals surface area (Å²) in [6, 6.07) is 19.9. The number of benzene rings is 2. The maximum atomic E-state index is 10.4. The number of nitrogens with one attached hydrogen (secondary N) is 1. The predicted molar refractivity (Wildman–Crippen MR) is 98.4 cm³/mol. The molecule has 0 saturated heterocycles. The fourth-order valence-electron chi connectivity index (χ4n) is 2.81. The van der Waals surface area contributed by atoms with Crippen LogP contribution in [0.2, 0.25) is 0 Å². The molecule has 4 heteroatoms. The van der Waals surface area contributed by atoms with Crippen LogP contribution in [0.1, 0.15) is 18.2 Å². The standard InChI is InChI=1S/C21H23NO3/c1-21(23,20-8-5-13-25-20)15-22-14-16-9-11-17(12-10-16)18-6-3-4-7-19(18)24-2/h3-13,22-23H,14-15H2,1-2H3. The SMILES string of the molecule is COc1ccccc1-c1ccc(CNCC(C)(O)c2ccco2)cc1. The molecule has 1 atom stereocenters. The zero-order chi connectivity index (χ0) is 17.7. The Morgan fingerprint density at radius 3 is 2.48 bits per heavy atom. The van der Waals surface area contributed by atoms with Crippen molar-refractivity contribution in [1.29, 1.82) is 0 Å². The molecule has 3 rings (SSSR count). The summed E-state index contributed by atoms with van der Waals surface area (Å²) >= 11 is 0. The summed E-state index contributed by atoms with van der Waals surface area (Å²) in [6.45, 7) is 2.82. The maximum absolute atomic E-state index is 10.4. The minimum Gasteiger partial charge on any atom is -0.496 e. The Balaban J connectivity index is 1.62. The van der Waals surface area contributed by atoms with Crippen molar-refractivity contribution < 1.29 is 14.3 Å². The highest BCUT2D eigenvalue weighted by Crippen LogP contribution is 2.29. The van der Waals surface area contributed by atoms with Crippen molar-refractivity contribution in [1.82, 2.24) is 5.32 Å². The lowest BCUT2D eigenvalue weighted by atomic mass is 10.0. The summed E-state index contributed by atoms with van der Waals surface area (Å²) in [7, 11) is 1.68. The van der Waals surface area contributed by atoms with Gasteiger partial charge in [-0.05, 0) is 36.2 Å². The summed E-state index contributed by atoms with van der Waals surface area (Å²) < 4.78 is 10.7. The van der Waals surface area contributed by atoms with Crippen LogP contribution in [0.4, 0.5) is 0 Å². The van der Waals surface area contributed by atoms with Crippen molar-refractivity contribution in [2.75, 3.05) is 13.7 Å². The fourth-order valence-corrected chi connectivity index (χ4v) is 2.81. The van der Waals surface area contributed by atoms with E-state index < -0.39 is 5.60 Å². The van der Waals surface area contributed by atoms with Gasteiger partial charge in [0.2, 0.25) is 0 Å². The molecule has 1 unspecified atom stereocenters. The van der Waals surface area contributed by atoms with Gasteiger partial charge in [-0.25, -0.2) is 0 Å². The Morgan fingerprint density at radius 2 is 1.80 bits per heavy atom. The van der Waals surface area contributed by atoms with E-state index in [1.807, 2.05) is 24.3 Å². The van der Waals surface area contributed by atoms with Crippen LogP contribution < -0.4 is 10.1 Å². The lowest BCUT2D eigenvalue weighted by molar-refractivity contribution is 0.0340. The molecule has 1 aromatic heterocycles. The van der Waals surface area contributed by atoms with Gasteiger partial charge in [0.05, 0.1) is 13.4 Å². The molecule has 0 spiro atoms. The Morgan fingerprint density at radius 1 is 1.04 bits per heavy atom. The quantitative estimate of drug-likeness (QED) is 0.685. The molecule has 0 saturated carbocycles. The molecule has 0 amide bonds. The number of ether oxygens (including phenoxy) is 1. The van der Waals surface area contributed by atoms with Gasteiger partial charge in [0.1, 0.15) is 17.1 Å². The van der Waals surface area contributed by atoms with E-state index in [0.29, 0.717) is 18.8 Å². The third-order valence-electron chi connectivity index (χ3n) is 4.22. The van der Waals surface area contributed by atoms with Gasteiger partial charge in [0.25, 0.3) is 0 Å². The molecule has 25 heavy (non-hydrogen) atoms. The Hall–Kier alpha value is -2.56. The average molecular weight is 337 g/mol. The van der Waals surface area contributed by atoms with Crippen molar-refractivity contribution >= 4 is 0 Å². The first-order valence-corrected chi connectivity index (χ1v) is 8.29. The van der Waals surface area contributed by atoms with E-state index in [2.05, 4.69) is 29.6 Å². The zero-order valence-corrected chi connectivity index (χ0v) is 14.5. The number of methoxy groups -OCH3 is 1. The second-order valence-electron chi connectivity index (χ2n) is 6.25. The topological polar surface area (TPSA) is 54.6 Å². The van der Waals surface area contributed by atoms with E-state index >= 15 is 0 Å². The number of aliphatic hydroxyl groups is 1. The first kappa shape index (κ1) is 17.3. The Kier molecular flexibility index (Phi) is 5.22. The monoisotopic (exact) mass is 337 g/mol. The second-order valence-corrected chi connectivity index (χ2v) is 6.25. The molecule has 2 aromatic carbocycles. The van der Waals surface area contributed by atoms with Gasteiger partial charge < -0.3 is 19.6 Å². The molecule has 1 heterocycles. The molecule has 0 aliphatic rings. The summed E-state index contributed by atoms with van der Waals surface area (Å²) in [5, 5.41) is 13.7. The number of hydrogen-bond acceptors (Lipinski definition) is 4. The molecule has 0 aliphatic heterocycles. The Bertz CT molecular complexity index is 792. The third-order valence-corrected chi connectivity index (χ3v) is 4.22. The van der Waals surface area contributed by atoms with Crippen molar-refractivity contribution in [2.45, 2.75) is 19.1 Å². The van der Waals surface area contributed by atoms with Crippen LogP contribution in [-0.4, -0.2) is 18.8 Å². The highest BCUT2D eigenvalue weighted by Gasteiger charge is 2.25. The molecule has 4 nitrogen and oxygen atoms in total. The van der Waals surface area contributed by atoms with Crippen LogP contribution >= 0.6 is 0 Å². The summed E-state index contributed by atoms with van der Waals surface area (Å²) in [5.74, 6) is 1.43. The van der Waals surface area contributed by atoms with E-state index in [4.69, 9.17) is 9.15 Å². The van der Waals surface area contributed by atoms with E-state index in [9.17, 15) is 5.11 Å². The number of para-hydroxylation sites is 1. The van der Waals surface area contributed by atoms with Crippen molar-refractivity contribution in [3.05, 3.63) is 78.3 Å². The molecule has 0 radical (unpaired) electrons. The van der Waals surface area contributed by atoms with Gasteiger partial charge >= 0.3 is 0 Å². The first-order chi connectivity index (χ1) is 12.1. The zero-order valence-electron chi connectivity index (χ0n) is 14.5. The van der Waals surface area contributed by atoms with Crippen LogP contribution in [0, 0.1) is 0 Å². The highest BCUT2D eigenvalue weighted by atomic mass is 16.5. The predicted octanol–water partition coefficient (Wildman–Crippen LogP) is 3.95. The first-order valence-electron chi connectivity index (χ1n) is 8.29. The van der Waals surface area contributed by atoms with Gasteiger partial charge in [-0.15, -0.1) is 0 Å². The van der Waals surface area contributed by atoms with E-state index in [0.717, 1.165) is 22.4 Å². The minimum atomic E-state index is -1.03. The van der Waals surface area contributed by atoms with Gasteiger partial charge in [0, 0.05) is 18.7 Å². The van der Waals surface area contributed by atoms with Crippen LogP contribution in [-0.2, 0) is 12.1 Å². The molecule has 0 aliphatic carbocycles. The van der Waals surface area contributed by atoms with Crippen LogP contribution in [0.3, 0.4) is 0 Å². The van der Waals surface area contributed by atoms with Gasteiger partial charge in [-0.1, -0.05) is 42.5 Å². The number of furan rings is 1. The Labute approximate surface area is 148 Å². The van der Waals surface area contributed by atoms with Crippen LogP contribution in [0.15, 0.2) is 71.3 Å². The molecular formula is C21H23NO3. The average Bonchev–Trinajstić information content (AvgIpc) is 3.18. The molecule has 3 aromatic rings. The molecule has 2 N–H and O–H groups in total. The second kappa shape index (κ2) is 7.55. The van der Waals surface area contributed by atoms with Gasteiger partial charge in [0.15, 0.2) is 0 Å². The summed E-state index contributed by atoms with van der Waals surface area (Å²) in [5.41, 5.74) is 2.31. The summed E-state index contributed by atoms with van der Waals surface area (Å²) in [6.07, 6.45) is 1.57. The van der Waals surface area contributed by atoms with Crippen molar-refractivity contribution in [2.24, 2.45) is 0 Å². The molecule has 130 valence electrons. The smallest absolute Gasteiger partial charge is 0.136 e. The van der Waals surface area contributed by atoms with Gasteiger partial charge in [-0.2, -0.15) is 0 Å². The molecule has 0 bridgehead atoms. The molecule has 0 fully saturated rings. The summed E-state index contributed by atoms with van der Waals surface area (Å²) in [4.78, 5) is 0. The normalized spacial score (nSPS) is 13.4. The van der Waals surface area contributed by atoms with Crippen LogP contribution in [0.5, 0.6) is 5.75 Å². The minimum absolute atomic E-state index is 0.411. The number of hydrogen-bond donors (Lipinski definition) is 2. The lowest BCUT2D eigenvalue weighted by Gasteiger charge is -2.21. The van der Waals surface area contributed by atoms with Crippen molar-refractivity contribution in [3.8, 4) is 16.9 Å². The van der Waals surface area contributed by atoms with E-state index in [1.165, 1.54) is 0 Å². The van der Waals surface area contributed by atoms with E-state index in [-0.39, 0.29) is 0 Å². The fraction of sp³-hybridized carbons (Fsp3) is 0.238. The maximum Gasteiger partial charge on any atom is 0.136 e. The third kappa shape index (κ3) is 4.10. The van der Waals surface area contributed by atoms with E-state index in [1.54, 1.807) is 32.4 Å². The molecular weight excluding hydrogens is 314 g/mol. The van der Waals surface area contributed by atoms with Crippen LogP contribution in [0.25, 0.3) is 11.1 Å². The number of rotatable bonds is 7.